The van der Waals surface area contributed by atoms with Gasteiger partial charge in [-0.25, -0.2) is 9.97 Å². The van der Waals surface area contributed by atoms with Gasteiger partial charge in [-0.2, -0.15) is 0 Å². The minimum atomic E-state index is -0.0194. The Balaban J connectivity index is 1.17. The summed E-state index contributed by atoms with van der Waals surface area (Å²) in [7, 11) is 0. The lowest BCUT2D eigenvalue weighted by molar-refractivity contribution is 0.300. The smallest absolute Gasteiger partial charge is 0.269 e. The minimum Gasteiger partial charge on any atom is -0.356 e. The zero-order chi connectivity index (χ0) is 18.2. The van der Waals surface area contributed by atoms with Crippen LogP contribution in [-0.2, 0) is 6.54 Å². The molecule has 27 heavy (non-hydrogen) atoms. The van der Waals surface area contributed by atoms with E-state index in [2.05, 4.69) is 30.8 Å². The molecule has 4 heterocycles. The van der Waals surface area contributed by atoms with Gasteiger partial charge in [-0.3, -0.25) is 9.78 Å². The van der Waals surface area contributed by atoms with Gasteiger partial charge in [0.15, 0.2) is 0 Å². The largest absolute Gasteiger partial charge is 0.356 e. The Labute approximate surface area is 159 Å². The first kappa shape index (κ1) is 16.9. The summed E-state index contributed by atoms with van der Waals surface area (Å²) in [5.41, 5.74) is 1.21. The van der Waals surface area contributed by atoms with Gasteiger partial charge in [0.1, 0.15) is 12.1 Å². The summed E-state index contributed by atoms with van der Waals surface area (Å²) >= 11 is 0. The molecular formula is C20H26N6O. The van der Waals surface area contributed by atoms with Gasteiger partial charge in [0.25, 0.3) is 5.56 Å². The van der Waals surface area contributed by atoms with Crippen molar-refractivity contribution in [2.75, 3.05) is 37.6 Å². The lowest BCUT2D eigenvalue weighted by atomic mass is 9.83. The van der Waals surface area contributed by atoms with E-state index < -0.39 is 0 Å². The molecule has 7 heteroatoms. The van der Waals surface area contributed by atoms with Crippen molar-refractivity contribution in [1.29, 1.82) is 0 Å². The molecule has 2 atom stereocenters. The van der Waals surface area contributed by atoms with E-state index in [9.17, 15) is 4.79 Å². The van der Waals surface area contributed by atoms with Gasteiger partial charge in [-0.15, -0.1) is 0 Å². The number of nitrogens with zero attached hydrogens (tertiary/aromatic N) is 6. The first-order valence-corrected chi connectivity index (χ1v) is 10.1. The van der Waals surface area contributed by atoms with Crippen molar-refractivity contribution >= 4 is 5.82 Å². The first-order chi connectivity index (χ1) is 13.3. The maximum absolute atomic E-state index is 11.8. The number of hydrogen-bond acceptors (Lipinski definition) is 6. The molecule has 0 N–H and O–H groups in total. The number of rotatable bonds is 5. The van der Waals surface area contributed by atoms with Crippen LogP contribution in [0, 0.1) is 11.8 Å². The molecule has 2 unspecified atom stereocenters. The molecule has 1 saturated carbocycles. The van der Waals surface area contributed by atoms with E-state index >= 15 is 0 Å². The van der Waals surface area contributed by atoms with Crippen molar-refractivity contribution < 1.29 is 0 Å². The lowest BCUT2D eigenvalue weighted by Crippen LogP contribution is -2.33. The molecule has 0 aromatic carbocycles. The zero-order valence-corrected chi connectivity index (χ0v) is 15.6. The topological polar surface area (TPSA) is 67.2 Å². The predicted molar refractivity (Wildman–Crippen MR) is 103 cm³/mol. The van der Waals surface area contributed by atoms with Crippen molar-refractivity contribution in [3.63, 3.8) is 0 Å². The molecule has 0 spiro atoms. The van der Waals surface area contributed by atoms with Crippen LogP contribution in [0.3, 0.4) is 0 Å². The molecule has 0 bridgehead atoms. The second-order valence-corrected chi connectivity index (χ2v) is 8.22. The molecule has 2 aromatic rings. The van der Waals surface area contributed by atoms with Crippen LogP contribution >= 0.6 is 0 Å². The van der Waals surface area contributed by atoms with Crippen molar-refractivity contribution in [2.24, 2.45) is 11.8 Å². The van der Waals surface area contributed by atoms with Gasteiger partial charge in [-0.05, 0) is 24.7 Å². The molecule has 0 radical (unpaired) electrons. The highest BCUT2D eigenvalue weighted by atomic mass is 16.1. The zero-order valence-electron chi connectivity index (χ0n) is 15.6. The molecule has 142 valence electrons. The molecule has 5 rings (SSSR count). The van der Waals surface area contributed by atoms with Gasteiger partial charge >= 0.3 is 0 Å². The number of anilines is 1. The molecule has 7 nitrogen and oxygen atoms in total. The van der Waals surface area contributed by atoms with Gasteiger partial charge < -0.3 is 14.4 Å². The summed E-state index contributed by atoms with van der Waals surface area (Å²) < 4.78 is 1.75. The molecule has 2 saturated heterocycles. The average Bonchev–Trinajstić information content (AvgIpc) is 3.18. The Morgan fingerprint density at radius 2 is 1.85 bits per heavy atom. The molecular weight excluding hydrogens is 340 g/mol. The number of likely N-dealkylation sites (tertiary alicyclic amines) is 1. The lowest BCUT2D eigenvalue weighted by Gasteiger charge is -2.26. The highest BCUT2D eigenvalue weighted by Crippen LogP contribution is 2.37. The van der Waals surface area contributed by atoms with E-state index in [-0.39, 0.29) is 5.56 Å². The summed E-state index contributed by atoms with van der Waals surface area (Å²) in [6, 6.07) is 2.22. The van der Waals surface area contributed by atoms with Gasteiger partial charge in [-0.1, -0.05) is 6.42 Å². The van der Waals surface area contributed by atoms with Crippen molar-refractivity contribution in [3.8, 4) is 0 Å². The highest BCUT2D eigenvalue weighted by molar-refractivity contribution is 5.42. The fourth-order valence-corrected chi connectivity index (χ4v) is 4.73. The van der Waals surface area contributed by atoms with Crippen molar-refractivity contribution in [2.45, 2.75) is 31.7 Å². The fraction of sp³-hybridized carbons (Fsp3) is 0.600. The Bertz CT molecular complexity index is 849. The third-order valence-electron chi connectivity index (χ3n) is 6.54. The highest BCUT2D eigenvalue weighted by Gasteiger charge is 2.40. The van der Waals surface area contributed by atoms with Crippen molar-refractivity contribution in [3.05, 3.63) is 47.0 Å². The number of hydrogen-bond donors (Lipinski definition) is 0. The number of aromatic nitrogens is 4. The van der Waals surface area contributed by atoms with Crippen LogP contribution in [0.5, 0.6) is 0 Å². The Morgan fingerprint density at radius 1 is 1.04 bits per heavy atom. The molecule has 2 aliphatic heterocycles. The summed E-state index contributed by atoms with van der Waals surface area (Å²) in [5, 5.41) is 0. The third-order valence-corrected chi connectivity index (χ3v) is 6.54. The van der Waals surface area contributed by atoms with Crippen LogP contribution in [0.4, 0.5) is 5.82 Å². The van der Waals surface area contributed by atoms with Crippen LogP contribution in [0.2, 0.25) is 0 Å². The quantitative estimate of drug-likeness (QED) is 0.796. The SMILES string of the molecule is O=c1cnccn1CCN1CC2CN(c3cc(C4CCC4)ncn3)CC2C1. The van der Waals surface area contributed by atoms with Crippen LogP contribution in [-0.4, -0.2) is 57.1 Å². The van der Waals surface area contributed by atoms with Gasteiger partial charge in [0.05, 0.1) is 6.20 Å². The summed E-state index contributed by atoms with van der Waals surface area (Å²) in [4.78, 5) is 29.7. The van der Waals surface area contributed by atoms with Crippen LogP contribution in [0.1, 0.15) is 30.9 Å². The van der Waals surface area contributed by atoms with Crippen LogP contribution in [0.25, 0.3) is 0 Å². The maximum Gasteiger partial charge on any atom is 0.269 e. The monoisotopic (exact) mass is 366 g/mol. The van der Waals surface area contributed by atoms with Gasteiger partial charge in [0, 0.05) is 69.3 Å². The molecule has 0 amide bonds. The third kappa shape index (κ3) is 3.36. The minimum absolute atomic E-state index is 0.0194. The Morgan fingerprint density at radius 3 is 2.56 bits per heavy atom. The van der Waals surface area contributed by atoms with Crippen LogP contribution in [0.15, 0.2) is 35.8 Å². The fourth-order valence-electron chi connectivity index (χ4n) is 4.73. The normalized spacial score (nSPS) is 25.6. The van der Waals surface area contributed by atoms with E-state index in [4.69, 9.17) is 0 Å². The van der Waals surface area contributed by atoms with Crippen LogP contribution < -0.4 is 10.5 Å². The molecule has 2 aromatic heterocycles. The number of fused-ring (bicyclic) bond motifs is 1. The van der Waals surface area contributed by atoms with Crippen molar-refractivity contribution in [1.82, 2.24) is 24.4 Å². The van der Waals surface area contributed by atoms with E-state index in [0.717, 1.165) is 45.1 Å². The van der Waals surface area contributed by atoms with Gasteiger partial charge in [0.2, 0.25) is 0 Å². The second kappa shape index (κ2) is 7.03. The standard InChI is InChI=1S/C20H26N6O/c27-20-9-21-4-5-25(20)7-6-24-10-16-12-26(13-17(16)11-24)19-8-18(22-14-23-19)15-2-1-3-15/h4-5,8-9,14-17H,1-3,6-7,10-13H2. The van der Waals surface area contributed by atoms with E-state index in [0.29, 0.717) is 17.8 Å². The molecule has 3 fully saturated rings. The predicted octanol–water partition coefficient (Wildman–Crippen LogP) is 1.37. The second-order valence-electron chi connectivity index (χ2n) is 8.22. The average molecular weight is 366 g/mol. The Kier molecular flexibility index (Phi) is 4.39. The van der Waals surface area contributed by atoms with E-state index in [1.807, 2.05) is 0 Å². The van der Waals surface area contributed by atoms with E-state index in [1.165, 1.54) is 31.2 Å². The molecule has 3 aliphatic rings. The van der Waals surface area contributed by atoms with E-state index in [1.54, 1.807) is 23.3 Å². The summed E-state index contributed by atoms with van der Waals surface area (Å²) in [6.07, 6.45) is 10.5. The summed E-state index contributed by atoms with van der Waals surface area (Å²) in [6.45, 7) is 6.05. The summed E-state index contributed by atoms with van der Waals surface area (Å²) in [5.74, 6) is 3.15. The Hall–Kier alpha value is -2.28. The maximum atomic E-state index is 11.8. The first-order valence-electron chi connectivity index (χ1n) is 10.1. The molecule has 1 aliphatic carbocycles.